The van der Waals surface area contributed by atoms with E-state index in [-0.39, 0.29) is 11.8 Å². The zero-order valence-corrected chi connectivity index (χ0v) is 22.0. The largest absolute Gasteiger partial charge is 0.493 e. The van der Waals surface area contributed by atoms with Gasteiger partial charge in [0, 0.05) is 38.8 Å². The van der Waals surface area contributed by atoms with Crippen molar-refractivity contribution in [1.29, 1.82) is 0 Å². The third-order valence-corrected chi connectivity index (χ3v) is 7.04. The third-order valence-electron chi connectivity index (χ3n) is 7.04. The van der Waals surface area contributed by atoms with Gasteiger partial charge in [0.25, 0.3) is 5.91 Å². The highest BCUT2D eigenvalue weighted by Gasteiger charge is 2.43. The van der Waals surface area contributed by atoms with Crippen LogP contribution in [-0.4, -0.2) is 96.5 Å². The van der Waals surface area contributed by atoms with E-state index in [1.54, 1.807) is 44.4 Å². The van der Waals surface area contributed by atoms with Crippen LogP contribution >= 0.6 is 0 Å². The average molecular weight is 514 g/mol. The van der Waals surface area contributed by atoms with Gasteiger partial charge in [0.2, 0.25) is 5.91 Å². The number of benzene rings is 2. The summed E-state index contributed by atoms with van der Waals surface area (Å²) in [4.78, 5) is 31.3. The van der Waals surface area contributed by atoms with E-state index in [1.165, 1.54) is 14.2 Å². The number of hydrogen-bond donors (Lipinski definition) is 1. The molecule has 2 heterocycles. The predicted molar refractivity (Wildman–Crippen MR) is 137 cm³/mol. The van der Waals surface area contributed by atoms with Crippen molar-refractivity contribution in [3.8, 4) is 23.0 Å². The Hall–Kier alpha value is -3.50. The van der Waals surface area contributed by atoms with Crippen molar-refractivity contribution in [2.75, 3.05) is 74.9 Å². The Labute approximate surface area is 217 Å². The summed E-state index contributed by atoms with van der Waals surface area (Å²) in [7, 11) is 7.87. The molecule has 2 atom stereocenters. The summed E-state index contributed by atoms with van der Waals surface area (Å²) in [5.41, 5.74) is 1.75. The van der Waals surface area contributed by atoms with Crippen molar-refractivity contribution in [1.82, 2.24) is 15.1 Å². The smallest absolute Gasteiger partial charge is 0.254 e. The lowest BCUT2D eigenvalue weighted by Gasteiger charge is -2.40. The monoisotopic (exact) mass is 513 g/mol. The summed E-state index contributed by atoms with van der Waals surface area (Å²) < 4.78 is 27.3. The Balaban J connectivity index is 1.74. The lowest BCUT2D eigenvalue weighted by molar-refractivity contribution is -0.124. The minimum atomic E-state index is -0.694. The van der Waals surface area contributed by atoms with E-state index in [4.69, 9.17) is 23.7 Å². The van der Waals surface area contributed by atoms with E-state index in [2.05, 4.69) is 10.2 Å². The first-order valence-electron chi connectivity index (χ1n) is 12.3. The van der Waals surface area contributed by atoms with Crippen molar-refractivity contribution in [3.63, 3.8) is 0 Å². The van der Waals surface area contributed by atoms with Crippen LogP contribution in [0.3, 0.4) is 0 Å². The van der Waals surface area contributed by atoms with Crippen LogP contribution in [0.2, 0.25) is 0 Å². The summed E-state index contributed by atoms with van der Waals surface area (Å²) in [6.45, 7) is 4.26. The molecule has 1 N–H and O–H groups in total. The van der Waals surface area contributed by atoms with Gasteiger partial charge in [-0.05, 0) is 35.4 Å². The topological polar surface area (TPSA) is 98.8 Å². The molecule has 1 saturated heterocycles. The number of hydrogen-bond acceptors (Lipinski definition) is 8. The van der Waals surface area contributed by atoms with E-state index in [1.807, 2.05) is 12.1 Å². The number of amides is 2. The van der Waals surface area contributed by atoms with Crippen LogP contribution in [0, 0.1) is 0 Å². The molecule has 2 aliphatic heterocycles. The maximum Gasteiger partial charge on any atom is 0.254 e. The van der Waals surface area contributed by atoms with Crippen molar-refractivity contribution in [2.45, 2.75) is 12.0 Å². The maximum atomic E-state index is 13.8. The van der Waals surface area contributed by atoms with Gasteiger partial charge >= 0.3 is 0 Å². The molecular weight excluding hydrogens is 478 g/mol. The molecule has 4 rings (SSSR count). The minimum absolute atomic E-state index is 0.180. The number of carbonyl (C=O) groups is 2. The Morgan fingerprint density at radius 1 is 0.946 bits per heavy atom. The van der Waals surface area contributed by atoms with E-state index in [9.17, 15) is 9.59 Å². The Kier molecular flexibility index (Phi) is 8.40. The lowest BCUT2D eigenvalue weighted by Crippen LogP contribution is -2.47. The molecule has 200 valence electrons. The fourth-order valence-corrected chi connectivity index (χ4v) is 5.06. The van der Waals surface area contributed by atoms with Gasteiger partial charge in [-0.25, -0.2) is 0 Å². The van der Waals surface area contributed by atoms with Crippen molar-refractivity contribution in [3.05, 3.63) is 47.0 Å². The summed E-state index contributed by atoms with van der Waals surface area (Å²) in [5.74, 6) is 0.879. The molecule has 2 aliphatic rings. The molecule has 0 spiro atoms. The summed E-state index contributed by atoms with van der Waals surface area (Å²) in [6, 6.07) is 8.25. The molecule has 0 saturated carbocycles. The van der Waals surface area contributed by atoms with Gasteiger partial charge in [0.1, 0.15) is 0 Å². The fourth-order valence-electron chi connectivity index (χ4n) is 5.06. The number of likely N-dealkylation sites (N-methyl/N-ethyl adjacent to an activating group) is 1. The molecule has 37 heavy (non-hydrogen) atoms. The van der Waals surface area contributed by atoms with Crippen LogP contribution in [0.5, 0.6) is 23.0 Å². The molecule has 10 nitrogen and oxygen atoms in total. The molecule has 0 aliphatic carbocycles. The number of methoxy groups -OCH3 is 4. The van der Waals surface area contributed by atoms with E-state index < -0.39 is 12.0 Å². The SMILES string of the molecule is COc1ccc([C@H]2[C@H](C(=O)NCCN3CCOCC3)c3cc(OC)c(OC)cc3C(=O)N2C)cc1OC. The highest BCUT2D eigenvalue weighted by Crippen LogP contribution is 2.46. The average Bonchev–Trinajstić information content (AvgIpc) is 2.94. The Morgan fingerprint density at radius 3 is 2.22 bits per heavy atom. The van der Waals surface area contributed by atoms with E-state index in [0.29, 0.717) is 53.9 Å². The number of rotatable bonds is 9. The number of nitrogens with zero attached hydrogens (tertiary/aromatic N) is 2. The second-order valence-corrected chi connectivity index (χ2v) is 8.99. The first kappa shape index (κ1) is 26.6. The molecule has 0 radical (unpaired) electrons. The third kappa shape index (κ3) is 5.30. The second kappa shape index (κ2) is 11.7. The van der Waals surface area contributed by atoms with Gasteiger partial charge in [-0.2, -0.15) is 0 Å². The molecule has 0 bridgehead atoms. The van der Waals surface area contributed by atoms with Crippen LogP contribution in [0.25, 0.3) is 0 Å². The van der Waals surface area contributed by atoms with Gasteiger partial charge < -0.3 is 33.9 Å². The Morgan fingerprint density at radius 2 is 1.57 bits per heavy atom. The normalized spacial score (nSPS) is 19.7. The molecule has 1 fully saturated rings. The maximum absolute atomic E-state index is 13.8. The molecule has 2 amide bonds. The van der Waals surface area contributed by atoms with Crippen LogP contribution in [0.1, 0.15) is 33.4 Å². The second-order valence-electron chi connectivity index (χ2n) is 8.99. The van der Waals surface area contributed by atoms with Crippen LogP contribution in [0.4, 0.5) is 0 Å². The van der Waals surface area contributed by atoms with Gasteiger partial charge in [0.15, 0.2) is 23.0 Å². The van der Waals surface area contributed by atoms with Crippen molar-refractivity contribution >= 4 is 11.8 Å². The summed E-state index contributed by atoms with van der Waals surface area (Å²) in [5, 5.41) is 3.11. The lowest BCUT2D eigenvalue weighted by atomic mass is 9.79. The molecule has 0 aromatic heterocycles. The summed E-state index contributed by atoms with van der Waals surface area (Å²) in [6.07, 6.45) is 0. The quantitative estimate of drug-likeness (QED) is 0.544. The molecule has 0 unspecified atom stereocenters. The number of morpholine rings is 1. The number of fused-ring (bicyclic) bond motifs is 1. The molecule has 10 heteroatoms. The van der Waals surface area contributed by atoms with Gasteiger partial charge in [-0.1, -0.05) is 6.07 Å². The molecular formula is C27H35N3O7. The molecule has 2 aromatic rings. The fraction of sp³-hybridized carbons (Fsp3) is 0.481. The van der Waals surface area contributed by atoms with E-state index in [0.717, 1.165) is 25.2 Å². The van der Waals surface area contributed by atoms with Crippen LogP contribution < -0.4 is 24.3 Å². The van der Waals surface area contributed by atoms with E-state index >= 15 is 0 Å². The van der Waals surface area contributed by atoms with Gasteiger partial charge in [0.05, 0.1) is 53.6 Å². The van der Waals surface area contributed by atoms with Crippen LogP contribution in [0.15, 0.2) is 30.3 Å². The first-order chi connectivity index (χ1) is 17.9. The first-order valence-corrected chi connectivity index (χ1v) is 12.3. The number of ether oxygens (including phenoxy) is 5. The number of nitrogens with one attached hydrogen (secondary N) is 1. The standard InChI is InChI=1S/C27H35N3O7/c1-29-25(17-6-7-20(33-2)21(14-17)34-3)24(26(31)28-8-9-30-10-12-37-13-11-30)18-15-22(35-4)23(36-5)16-19(18)27(29)32/h6-7,14-16,24-25H,8-13H2,1-5H3,(H,28,31)/t24-,25+/m1/s1. The van der Waals surface area contributed by atoms with Crippen LogP contribution in [-0.2, 0) is 9.53 Å². The van der Waals surface area contributed by atoms with Crippen molar-refractivity contribution in [2.24, 2.45) is 0 Å². The Bertz CT molecular complexity index is 1130. The van der Waals surface area contributed by atoms with Crippen molar-refractivity contribution < 1.29 is 33.3 Å². The minimum Gasteiger partial charge on any atom is -0.493 e. The zero-order chi connectivity index (χ0) is 26.5. The summed E-state index contributed by atoms with van der Waals surface area (Å²) >= 11 is 0. The highest BCUT2D eigenvalue weighted by atomic mass is 16.5. The number of carbonyl (C=O) groups excluding carboxylic acids is 2. The van der Waals surface area contributed by atoms with Gasteiger partial charge in [-0.3, -0.25) is 14.5 Å². The van der Waals surface area contributed by atoms with Gasteiger partial charge in [-0.15, -0.1) is 0 Å². The zero-order valence-electron chi connectivity index (χ0n) is 22.0. The molecule has 2 aromatic carbocycles. The highest BCUT2D eigenvalue weighted by molar-refractivity contribution is 6.02. The predicted octanol–water partition coefficient (Wildman–Crippen LogP) is 2.08.